The second kappa shape index (κ2) is 5.75. The molecule has 0 atom stereocenters. The van der Waals surface area contributed by atoms with Crippen molar-refractivity contribution in [2.75, 3.05) is 6.54 Å². The van der Waals surface area contributed by atoms with Crippen LogP contribution in [-0.2, 0) is 13.0 Å². The highest BCUT2D eigenvalue weighted by Crippen LogP contribution is 2.08. The standard InChI is InChI=1S/C14H15N5O/c1-10-17-14(20-19-10)6-7-15-8-11-9-16-12-4-2-3-5-13(12)18-11/h2-5,9,15H,6-8H2,1H3. The summed E-state index contributed by atoms with van der Waals surface area (Å²) in [5, 5.41) is 7.05. The van der Waals surface area contributed by atoms with Crippen molar-refractivity contribution in [1.82, 2.24) is 25.4 Å². The summed E-state index contributed by atoms with van der Waals surface area (Å²) >= 11 is 0. The Morgan fingerprint density at radius 3 is 2.80 bits per heavy atom. The van der Waals surface area contributed by atoms with E-state index in [-0.39, 0.29) is 0 Å². The zero-order chi connectivity index (χ0) is 13.8. The normalized spacial score (nSPS) is 11.1. The maximum Gasteiger partial charge on any atom is 0.227 e. The number of nitrogens with one attached hydrogen (secondary N) is 1. The fraction of sp³-hybridized carbons (Fsp3) is 0.286. The summed E-state index contributed by atoms with van der Waals surface area (Å²) in [7, 11) is 0. The maximum atomic E-state index is 5.05. The molecule has 3 aromatic rings. The van der Waals surface area contributed by atoms with E-state index < -0.39 is 0 Å². The molecular formula is C14H15N5O. The molecule has 0 amide bonds. The fourth-order valence-corrected chi connectivity index (χ4v) is 1.93. The van der Waals surface area contributed by atoms with Crippen molar-refractivity contribution in [3.8, 4) is 0 Å². The quantitative estimate of drug-likeness (QED) is 0.710. The van der Waals surface area contributed by atoms with E-state index in [9.17, 15) is 0 Å². The highest BCUT2D eigenvalue weighted by atomic mass is 16.5. The predicted octanol–water partition coefficient (Wildman–Crippen LogP) is 1.65. The van der Waals surface area contributed by atoms with Gasteiger partial charge in [0.05, 0.1) is 22.9 Å². The van der Waals surface area contributed by atoms with Gasteiger partial charge < -0.3 is 9.84 Å². The molecule has 20 heavy (non-hydrogen) atoms. The second-order valence-electron chi connectivity index (χ2n) is 4.51. The number of nitrogens with zero attached hydrogens (tertiary/aromatic N) is 4. The average Bonchev–Trinajstić information content (AvgIpc) is 2.89. The molecule has 0 saturated carbocycles. The molecular weight excluding hydrogens is 254 g/mol. The molecule has 0 fully saturated rings. The van der Waals surface area contributed by atoms with E-state index in [2.05, 4.69) is 25.4 Å². The number of aromatic nitrogens is 4. The summed E-state index contributed by atoms with van der Waals surface area (Å²) in [4.78, 5) is 13.1. The number of hydrogen-bond donors (Lipinski definition) is 1. The van der Waals surface area contributed by atoms with Crippen molar-refractivity contribution >= 4 is 11.0 Å². The minimum atomic E-state index is 0.652. The average molecular weight is 269 g/mol. The van der Waals surface area contributed by atoms with Gasteiger partial charge in [-0.05, 0) is 19.1 Å². The molecule has 6 heteroatoms. The molecule has 102 valence electrons. The van der Waals surface area contributed by atoms with Gasteiger partial charge in [-0.1, -0.05) is 17.3 Å². The molecule has 0 aliphatic rings. The number of fused-ring (bicyclic) bond motifs is 1. The van der Waals surface area contributed by atoms with Gasteiger partial charge in [0.2, 0.25) is 5.89 Å². The molecule has 0 saturated heterocycles. The van der Waals surface area contributed by atoms with Gasteiger partial charge in [-0.15, -0.1) is 0 Å². The number of aryl methyl sites for hydroxylation is 1. The maximum absolute atomic E-state index is 5.05. The second-order valence-corrected chi connectivity index (χ2v) is 4.51. The van der Waals surface area contributed by atoms with Crippen LogP contribution in [0.3, 0.4) is 0 Å². The third-order valence-corrected chi connectivity index (χ3v) is 2.89. The minimum Gasteiger partial charge on any atom is -0.339 e. The van der Waals surface area contributed by atoms with Crippen molar-refractivity contribution in [3.63, 3.8) is 0 Å². The Morgan fingerprint density at radius 1 is 1.15 bits per heavy atom. The first kappa shape index (κ1) is 12.7. The third-order valence-electron chi connectivity index (χ3n) is 2.89. The lowest BCUT2D eigenvalue weighted by molar-refractivity contribution is 0.372. The van der Waals surface area contributed by atoms with Crippen LogP contribution in [0.2, 0.25) is 0 Å². The molecule has 0 aliphatic heterocycles. The van der Waals surface area contributed by atoms with E-state index in [1.54, 1.807) is 6.20 Å². The molecule has 0 bridgehead atoms. The predicted molar refractivity (Wildman–Crippen MR) is 74.0 cm³/mol. The number of para-hydroxylation sites is 2. The van der Waals surface area contributed by atoms with Crippen molar-refractivity contribution in [1.29, 1.82) is 0 Å². The van der Waals surface area contributed by atoms with Crippen LogP contribution in [0.15, 0.2) is 35.0 Å². The molecule has 2 aromatic heterocycles. The SMILES string of the molecule is Cc1noc(CCNCc2cnc3ccccc3n2)n1. The van der Waals surface area contributed by atoms with Crippen LogP contribution in [-0.4, -0.2) is 26.7 Å². The Kier molecular flexibility index (Phi) is 3.64. The Balaban J connectivity index is 1.54. The van der Waals surface area contributed by atoms with Crippen molar-refractivity contribution in [2.45, 2.75) is 19.9 Å². The third kappa shape index (κ3) is 2.97. The highest BCUT2D eigenvalue weighted by molar-refractivity contribution is 5.73. The van der Waals surface area contributed by atoms with Gasteiger partial charge in [0.25, 0.3) is 0 Å². The van der Waals surface area contributed by atoms with Gasteiger partial charge >= 0.3 is 0 Å². The zero-order valence-corrected chi connectivity index (χ0v) is 11.2. The van der Waals surface area contributed by atoms with E-state index in [0.717, 1.165) is 23.3 Å². The smallest absolute Gasteiger partial charge is 0.227 e. The molecule has 0 unspecified atom stereocenters. The highest BCUT2D eigenvalue weighted by Gasteiger charge is 2.02. The summed E-state index contributed by atoms with van der Waals surface area (Å²) in [6.45, 7) is 3.24. The van der Waals surface area contributed by atoms with E-state index in [1.807, 2.05) is 31.2 Å². The first-order valence-electron chi connectivity index (χ1n) is 6.52. The molecule has 1 N–H and O–H groups in total. The lowest BCUT2D eigenvalue weighted by Crippen LogP contribution is -2.17. The van der Waals surface area contributed by atoms with E-state index in [4.69, 9.17) is 4.52 Å². The lowest BCUT2D eigenvalue weighted by atomic mass is 10.3. The van der Waals surface area contributed by atoms with Gasteiger partial charge in [-0.2, -0.15) is 4.98 Å². The van der Waals surface area contributed by atoms with E-state index >= 15 is 0 Å². The van der Waals surface area contributed by atoms with Crippen molar-refractivity contribution < 1.29 is 4.52 Å². The number of benzene rings is 1. The molecule has 0 spiro atoms. The molecule has 0 radical (unpaired) electrons. The van der Waals surface area contributed by atoms with Gasteiger partial charge in [0.15, 0.2) is 5.82 Å². The summed E-state index contributed by atoms with van der Waals surface area (Å²) in [5.41, 5.74) is 2.75. The Morgan fingerprint density at radius 2 is 2.00 bits per heavy atom. The van der Waals surface area contributed by atoms with Crippen LogP contribution in [0.1, 0.15) is 17.4 Å². The summed E-state index contributed by atoms with van der Waals surface area (Å²) in [5.74, 6) is 1.32. The fourth-order valence-electron chi connectivity index (χ4n) is 1.93. The van der Waals surface area contributed by atoms with Crippen LogP contribution in [0.4, 0.5) is 0 Å². The zero-order valence-electron chi connectivity index (χ0n) is 11.2. The molecule has 2 heterocycles. The van der Waals surface area contributed by atoms with Crippen LogP contribution >= 0.6 is 0 Å². The summed E-state index contributed by atoms with van der Waals surface area (Å²) in [6.07, 6.45) is 2.51. The van der Waals surface area contributed by atoms with Crippen LogP contribution in [0, 0.1) is 6.92 Å². The first-order valence-corrected chi connectivity index (χ1v) is 6.52. The molecule has 0 aliphatic carbocycles. The van der Waals surface area contributed by atoms with Gasteiger partial charge in [0, 0.05) is 19.5 Å². The van der Waals surface area contributed by atoms with Crippen molar-refractivity contribution in [2.24, 2.45) is 0 Å². The van der Waals surface area contributed by atoms with Gasteiger partial charge in [-0.25, -0.2) is 4.98 Å². The summed E-state index contributed by atoms with van der Waals surface area (Å²) in [6, 6.07) is 7.85. The minimum absolute atomic E-state index is 0.652. The van der Waals surface area contributed by atoms with E-state index in [1.165, 1.54) is 0 Å². The van der Waals surface area contributed by atoms with Crippen LogP contribution in [0.25, 0.3) is 11.0 Å². The Bertz CT molecular complexity index is 709. The topological polar surface area (TPSA) is 76.7 Å². The molecule has 6 nitrogen and oxygen atoms in total. The largest absolute Gasteiger partial charge is 0.339 e. The van der Waals surface area contributed by atoms with Crippen LogP contribution < -0.4 is 5.32 Å². The Hall–Kier alpha value is -2.34. The number of rotatable bonds is 5. The van der Waals surface area contributed by atoms with Gasteiger partial charge in [0.1, 0.15) is 0 Å². The van der Waals surface area contributed by atoms with Gasteiger partial charge in [-0.3, -0.25) is 4.98 Å². The monoisotopic (exact) mass is 269 g/mol. The number of hydrogen-bond acceptors (Lipinski definition) is 6. The summed E-state index contributed by atoms with van der Waals surface area (Å²) < 4.78 is 5.05. The molecule has 3 rings (SSSR count). The first-order chi connectivity index (χ1) is 9.81. The van der Waals surface area contributed by atoms with E-state index in [0.29, 0.717) is 24.7 Å². The van der Waals surface area contributed by atoms with Crippen LogP contribution in [0.5, 0.6) is 0 Å². The molecule has 1 aromatic carbocycles. The lowest BCUT2D eigenvalue weighted by Gasteiger charge is -2.03. The Labute approximate surface area is 116 Å². The van der Waals surface area contributed by atoms with Crippen molar-refractivity contribution in [3.05, 3.63) is 47.9 Å².